The number of amides is 1. The quantitative estimate of drug-likeness (QED) is 0.771. The molecule has 0 saturated heterocycles. The monoisotopic (exact) mass is 322 g/mol. The first kappa shape index (κ1) is 14.6. The van der Waals surface area contributed by atoms with E-state index in [2.05, 4.69) is 20.5 Å². The van der Waals surface area contributed by atoms with Gasteiger partial charge in [-0.2, -0.15) is 5.10 Å². The second-order valence-corrected chi connectivity index (χ2v) is 5.87. The topological polar surface area (TPSA) is 70.7 Å². The lowest BCUT2D eigenvalue weighted by Gasteiger charge is -2.05. The van der Waals surface area contributed by atoms with Crippen molar-refractivity contribution in [1.82, 2.24) is 15.2 Å². The maximum Gasteiger partial charge on any atom is 0.227 e. The summed E-state index contributed by atoms with van der Waals surface area (Å²) in [7, 11) is 0. The van der Waals surface area contributed by atoms with Crippen LogP contribution in [-0.4, -0.2) is 21.1 Å². The molecule has 6 heteroatoms. The number of carbonyl (C=O) groups is 1. The van der Waals surface area contributed by atoms with Crippen molar-refractivity contribution >= 4 is 34.6 Å². The summed E-state index contributed by atoms with van der Waals surface area (Å²) in [5.74, 6) is -0.446. The first-order valence-corrected chi connectivity index (χ1v) is 7.77. The van der Waals surface area contributed by atoms with Gasteiger partial charge in [0.15, 0.2) is 5.82 Å². The molecule has 2 N–H and O–H groups in total. The number of hydrogen-bond donors (Lipinski definition) is 2. The van der Waals surface area contributed by atoms with Crippen molar-refractivity contribution in [2.24, 2.45) is 5.92 Å². The van der Waals surface area contributed by atoms with Crippen molar-refractivity contribution in [3.63, 3.8) is 0 Å². The highest BCUT2D eigenvalue weighted by molar-refractivity contribution is 5.98. The molecule has 0 radical (unpaired) electrons. The summed E-state index contributed by atoms with van der Waals surface area (Å²) >= 11 is 0. The molecule has 0 unspecified atom stereocenters. The summed E-state index contributed by atoms with van der Waals surface area (Å²) in [6.45, 7) is 0. The van der Waals surface area contributed by atoms with Crippen LogP contribution in [0, 0.1) is 11.7 Å². The van der Waals surface area contributed by atoms with Gasteiger partial charge in [-0.25, -0.2) is 4.39 Å². The maximum absolute atomic E-state index is 14.2. The fourth-order valence-corrected chi connectivity index (χ4v) is 2.54. The summed E-state index contributed by atoms with van der Waals surface area (Å²) < 4.78 is 14.2. The van der Waals surface area contributed by atoms with Crippen molar-refractivity contribution in [3.05, 3.63) is 53.7 Å². The Bertz CT molecular complexity index is 929. The summed E-state index contributed by atoms with van der Waals surface area (Å²) in [6.07, 6.45) is 8.93. The van der Waals surface area contributed by atoms with Gasteiger partial charge in [-0.15, -0.1) is 0 Å². The number of H-pyrrole nitrogens is 1. The molecule has 1 aliphatic carbocycles. The van der Waals surface area contributed by atoms with E-state index in [1.54, 1.807) is 18.5 Å². The summed E-state index contributed by atoms with van der Waals surface area (Å²) in [6, 6.07) is 6.81. The smallest absolute Gasteiger partial charge is 0.227 e. The number of pyridine rings is 1. The van der Waals surface area contributed by atoms with Gasteiger partial charge in [0.2, 0.25) is 5.91 Å². The van der Waals surface area contributed by atoms with Gasteiger partial charge < -0.3 is 5.32 Å². The van der Waals surface area contributed by atoms with E-state index < -0.39 is 5.82 Å². The summed E-state index contributed by atoms with van der Waals surface area (Å²) in [5, 5.41) is 10.2. The maximum atomic E-state index is 14.2. The van der Waals surface area contributed by atoms with Crippen LogP contribution in [0.1, 0.15) is 24.1 Å². The highest BCUT2D eigenvalue weighted by atomic mass is 19.1. The lowest BCUT2D eigenvalue weighted by Crippen LogP contribution is -2.13. The second kappa shape index (κ2) is 5.88. The number of anilines is 1. The number of aromatic nitrogens is 3. The zero-order valence-electron chi connectivity index (χ0n) is 12.8. The van der Waals surface area contributed by atoms with Crippen LogP contribution in [-0.2, 0) is 4.79 Å². The lowest BCUT2D eigenvalue weighted by atomic mass is 10.1. The van der Waals surface area contributed by atoms with Crippen molar-refractivity contribution in [1.29, 1.82) is 0 Å². The van der Waals surface area contributed by atoms with E-state index >= 15 is 0 Å². The molecule has 3 aromatic rings. The van der Waals surface area contributed by atoms with Gasteiger partial charge in [-0.1, -0.05) is 12.1 Å². The van der Waals surface area contributed by atoms with Crippen LogP contribution in [0.15, 0.2) is 36.7 Å². The Kier molecular flexibility index (Phi) is 3.57. The van der Waals surface area contributed by atoms with Crippen molar-refractivity contribution in [3.8, 4) is 0 Å². The minimum Gasteiger partial charge on any atom is -0.326 e. The number of rotatable bonds is 4. The van der Waals surface area contributed by atoms with E-state index in [0.717, 1.165) is 18.4 Å². The van der Waals surface area contributed by atoms with Gasteiger partial charge in [0, 0.05) is 29.4 Å². The van der Waals surface area contributed by atoms with E-state index in [-0.39, 0.29) is 17.3 Å². The van der Waals surface area contributed by atoms with Crippen LogP contribution in [0.2, 0.25) is 0 Å². The zero-order valence-corrected chi connectivity index (χ0v) is 12.8. The molecular formula is C18H15FN4O. The van der Waals surface area contributed by atoms with E-state index in [1.165, 1.54) is 6.07 Å². The standard InChI is InChI=1S/C18H15FN4O/c19-15-9-13(21-18(24)12-4-5-12)8-14-16(22-23-17(14)15)6-3-11-2-1-7-20-10-11/h1-3,6-10,12H,4-5H2,(H,21,24)(H,22,23)/b6-3+. The molecule has 1 saturated carbocycles. The third kappa shape index (κ3) is 2.90. The molecule has 0 spiro atoms. The molecule has 1 amide bonds. The zero-order chi connectivity index (χ0) is 16.5. The molecule has 1 aliphatic rings. The van der Waals surface area contributed by atoms with Crippen LogP contribution >= 0.6 is 0 Å². The van der Waals surface area contributed by atoms with Crippen LogP contribution < -0.4 is 5.32 Å². The van der Waals surface area contributed by atoms with Crippen molar-refractivity contribution in [2.75, 3.05) is 5.32 Å². The molecule has 4 rings (SSSR count). The average Bonchev–Trinajstić information content (AvgIpc) is 3.36. The SMILES string of the molecule is O=C(Nc1cc(F)c2n[nH]c(/C=C/c3cccnc3)c2c1)C1CC1. The molecule has 24 heavy (non-hydrogen) atoms. The van der Waals surface area contributed by atoms with Crippen LogP contribution in [0.4, 0.5) is 10.1 Å². The van der Waals surface area contributed by atoms with Gasteiger partial charge in [-0.05, 0) is 42.7 Å². The number of benzene rings is 1. The summed E-state index contributed by atoms with van der Waals surface area (Å²) in [5.41, 5.74) is 2.31. The summed E-state index contributed by atoms with van der Waals surface area (Å²) in [4.78, 5) is 15.9. The average molecular weight is 322 g/mol. The predicted molar refractivity (Wildman–Crippen MR) is 90.6 cm³/mol. The Morgan fingerprint density at radius 2 is 2.21 bits per heavy atom. The molecule has 2 aromatic heterocycles. The third-order valence-corrected chi connectivity index (χ3v) is 3.98. The first-order chi connectivity index (χ1) is 11.7. The number of aromatic amines is 1. The van der Waals surface area contributed by atoms with E-state index in [9.17, 15) is 9.18 Å². The third-order valence-electron chi connectivity index (χ3n) is 3.98. The molecule has 0 bridgehead atoms. The second-order valence-electron chi connectivity index (χ2n) is 5.87. The highest BCUT2D eigenvalue weighted by Crippen LogP contribution is 2.31. The Balaban J connectivity index is 1.67. The number of nitrogens with zero attached hydrogens (tertiary/aromatic N) is 2. The van der Waals surface area contributed by atoms with Crippen LogP contribution in [0.25, 0.3) is 23.1 Å². The molecule has 1 fully saturated rings. The number of nitrogens with one attached hydrogen (secondary N) is 2. The van der Waals surface area contributed by atoms with Crippen molar-refractivity contribution < 1.29 is 9.18 Å². The first-order valence-electron chi connectivity index (χ1n) is 7.77. The van der Waals surface area contributed by atoms with E-state index in [4.69, 9.17) is 0 Å². The Hall–Kier alpha value is -3.02. The normalized spacial score (nSPS) is 14.4. The van der Waals surface area contributed by atoms with Crippen LogP contribution in [0.3, 0.4) is 0 Å². The number of carbonyl (C=O) groups excluding carboxylic acids is 1. The fraction of sp³-hybridized carbons (Fsp3) is 0.167. The Morgan fingerprint density at radius 1 is 1.33 bits per heavy atom. The van der Waals surface area contributed by atoms with Gasteiger partial charge >= 0.3 is 0 Å². The Labute approximate surface area is 137 Å². The van der Waals surface area contributed by atoms with Gasteiger partial charge in [-0.3, -0.25) is 14.9 Å². The van der Waals surface area contributed by atoms with E-state index in [0.29, 0.717) is 16.8 Å². The number of fused-ring (bicyclic) bond motifs is 1. The van der Waals surface area contributed by atoms with Gasteiger partial charge in [0.1, 0.15) is 5.52 Å². The molecular weight excluding hydrogens is 307 g/mol. The van der Waals surface area contributed by atoms with Gasteiger partial charge in [0.25, 0.3) is 0 Å². The van der Waals surface area contributed by atoms with Gasteiger partial charge in [0.05, 0.1) is 5.69 Å². The lowest BCUT2D eigenvalue weighted by molar-refractivity contribution is -0.117. The molecule has 120 valence electrons. The highest BCUT2D eigenvalue weighted by Gasteiger charge is 2.29. The fourth-order valence-electron chi connectivity index (χ4n) is 2.54. The largest absolute Gasteiger partial charge is 0.326 e. The molecule has 1 aromatic carbocycles. The predicted octanol–water partition coefficient (Wildman–Crippen LogP) is 3.62. The molecule has 5 nitrogen and oxygen atoms in total. The minimum atomic E-state index is -0.462. The van der Waals surface area contributed by atoms with E-state index in [1.807, 2.05) is 24.3 Å². The molecule has 0 atom stereocenters. The number of hydrogen-bond acceptors (Lipinski definition) is 3. The minimum absolute atomic E-state index is 0.0512. The number of halogens is 1. The van der Waals surface area contributed by atoms with Crippen LogP contribution in [0.5, 0.6) is 0 Å². The van der Waals surface area contributed by atoms with Crippen molar-refractivity contribution in [2.45, 2.75) is 12.8 Å². The molecule has 0 aliphatic heterocycles. The Morgan fingerprint density at radius 3 is 2.96 bits per heavy atom. The molecule has 2 heterocycles.